The van der Waals surface area contributed by atoms with Gasteiger partial charge in [-0.25, -0.2) is 5.10 Å². The SMILES string of the molecule is Cc1cccc(OCC(=O)Nc2cccc(-c3ccc(=O)[nH]n3)c2)c1C. The number of carbonyl (C=O) groups excluding carboxylic acids is 1. The van der Waals surface area contributed by atoms with Crippen LogP contribution in [-0.4, -0.2) is 22.7 Å². The summed E-state index contributed by atoms with van der Waals surface area (Å²) in [6.45, 7) is 3.88. The van der Waals surface area contributed by atoms with E-state index in [2.05, 4.69) is 15.5 Å². The zero-order valence-electron chi connectivity index (χ0n) is 14.6. The molecular weight excluding hydrogens is 330 g/mol. The Morgan fingerprint density at radius 3 is 2.69 bits per heavy atom. The smallest absolute Gasteiger partial charge is 0.264 e. The van der Waals surface area contributed by atoms with Crippen LogP contribution in [0.3, 0.4) is 0 Å². The molecule has 1 heterocycles. The topological polar surface area (TPSA) is 84.1 Å². The molecule has 0 aliphatic rings. The molecule has 0 aliphatic carbocycles. The van der Waals surface area contributed by atoms with Crippen LogP contribution >= 0.6 is 0 Å². The highest BCUT2D eigenvalue weighted by atomic mass is 16.5. The second-order valence-electron chi connectivity index (χ2n) is 5.92. The first-order chi connectivity index (χ1) is 12.5. The largest absolute Gasteiger partial charge is 0.483 e. The van der Waals surface area contributed by atoms with Gasteiger partial charge in [-0.05, 0) is 49.2 Å². The Kier molecular flexibility index (Phi) is 5.12. The zero-order valence-corrected chi connectivity index (χ0v) is 14.6. The van der Waals surface area contributed by atoms with E-state index in [0.717, 1.165) is 16.7 Å². The van der Waals surface area contributed by atoms with E-state index in [-0.39, 0.29) is 18.1 Å². The number of aryl methyl sites for hydroxylation is 1. The van der Waals surface area contributed by atoms with E-state index in [1.165, 1.54) is 6.07 Å². The molecule has 6 nitrogen and oxygen atoms in total. The third-order valence-corrected chi connectivity index (χ3v) is 4.03. The number of H-pyrrole nitrogens is 1. The maximum absolute atomic E-state index is 12.2. The fourth-order valence-corrected chi connectivity index (χ4v) is 2.48. The number of amides is 1. The number of hydrogen-bond acceptors (Lipinski definition) is 4. The first-order valence-corrected chi connectivity index (χ1v) is 8.18. The molecule has 1 amide bonds. The Balaban J connectivity index is 1.66. The Morgan fingerprint density at radius 1 is 1.12 bits per heavy atom. The van der Waals surface area contributed by atoms with Gasteiger partial charge in [-0.15, -0.1) is 0 Å². The molecule has 6 heteroatoms. The van der Waals surface area contributed by atoms with Crippen molar-refractivity contribution in [2.45, 2.75) is 13.8 Å². The Bertz CT molecular complexity index is 975. The van der Waals surface area contributed by atoms with E-state index in [4.69, 9.17) is 4.74 Å². The first kappa shape index (κ1) is 17.4. The lowest BCUT2D eigenvalue weighted by molar-refractivity contribution is -0.118. The quantitative estimate of drug-likeness (QED) is 0.741. The van der Waals surface area contributed by atoms with Gasteiger partial charge < -0.3 is 10.1 Å². The molecule has 0 unspecified atom stereocenters. The minimum absolute atomic E-state index is 0.0779. The summed E-state index contributed by atoms with van der Waals surface area (Å²) in [7, 11) is 0. The third-order valence-electron chi connectivity index (χ3n) is 4.03. The highest BCUT2D eigenvalue weighted by molar-refractivity contribution is 5.92. The molecule has 26 heavy (non-hydrogen) atoms. The number of aromatic nitrogens is 2. The van der Waals surface area contributed by atoms with Crippen LogP contribution < -0.4 is 15.6 Å². The second-order valence-corrected chi connectivity index (χ2v) is 5.92. The number of aromatic amines is 1. The molecule has 0 fully saturated rings. The number of carbonyl (C=O) groups is 1. The van der Waals surface area contributed by atoms with Gasteiger partial charge in [0, 0.05) is 17.3 Å². The summed E-state index contributed by atoms with van der Waals surface area (Å²) < 4.78 is 5.62. The van der Waals surface area contributed by atoms with Gasteiger partial charge in [0.1, 0.15) is 5.75 Å². The van der Waals surface area contributed by atoms with Crippen molar-refractivity contribution in [1.82, 2.24) is 10.2 Å². The van der Waals surface area contributed by atoms with Crippen molar-refractivity contribution >= 4 is 11.6 Å². The highest BCUT2D eigenvalue weighted by Gasteiger charge is 2.08. The van der Waals surface area contributed by atoms with Crippen molar-refractivity contribution in [3.05, 3.63) is 76.1 Å². The minimum Gasteiger partial charge on any atom is -0.483 e. The van der Waals surface area contributed by atoms with Gasteiger partial charge in [0.05, 0.1) is 5.69 Å². The van der Waals surface area contributed by atoms with Crippen molar-refractivity contribution in [2.24, 2.45) is 0 Å². The number of rotatable bonds is 5. The summed E-state index contributed by atoms with van der Waals surface area (Å²) in [6.07, 6.45) is 0. The predicted octanol–water partition coefficient (Wildman–Crippen LogP) is 3.07. The van der Waals surface area contributed by atoms with Crippen molar-refractivity contribution in [1.29, 1.82) is 0 Å². The highest BCUT2D eigenvalue weighted by Crippen LogP contribution is 2.21. The number of ether oxygens (including phenoxy) is 1. The summed E-state index contributed by atoms with van der Waals surface area (Å²) in [5, 5.41) is 9.19. The van der Waals surface area contributed by atoms with E-state index in [9.17, 15) is 9.59 Å². The Labute approximate surface area is 150 Å². The molecule has 0 radical (unpaired) electrons. The molecule has 0 spiro atoms. The molecule has 2 aromatic carbocycles. The van der Waals surface area contributed by atoms with E-state index >= 15 is 0 Å². The van der Waals surface area contributed by atoms with Crippen molar-refractivity contribution < 1.29 is 9.53 Å². The monoisotopic (exact) mass is 349 g/mol. The summed E-state index contributed by atoms with van der Waals surface area (Å²) >= 11 is 0. The van der Waals surface area contributed by atoms with Gasteiger partial charge in [-0.1, -0.05) is 24.3 Å². The van der Waals surface area contributed by atoms with Gasteiger partial charge in [0.2, 0.25) is 0 Å². The predicted molar refractivity (Wildman–Crippen MR) is 100 cm³/mol. The van der Waals surface area contributed by atoms with E-state index < -0.39 is 0 Å². The lowest BCUT2D eigenvalue weighted by atomic mass is 10.1. The number of nitrogens with zero attached hydrogens (tertiary/aromatic N) is 1. The number of nitrogens with one attached hydrogen (secondary N) is 2. The summed E-state index contributed by atoms with van der Waals surface area (Å²) in [4.78, 5) is 23.3. The Morgan fingerprint density at radius 2 is 1.92 bits per heavy atom. The normalized spacial score (nSPS) is 10.4. The van der Waals surface area contributed by atoms with Gasteiger partial charge in [-0.3, -0.25) is 9.59 Å². The van der Waals surface area contributed by atoms with Crippen LogP contribution in [0, 0.1) is 13.8 Å². The van der Waals surface area contributed by atoms with E-state index in [1.807, 2.05) is 44.2 Å². The number of benzene rings is 2. The average molecular weight is 349 g/mol. The van der Waals surface area contributed by atoms with Crippen molar-refractivity contribution in [3.63, 3.8) is 0 Å². The lowest BCUT2D eigenvalue weighted by Gasteiger charge is -2.11. The molecular formula is C20H19N3O3. The summed E-state index contributed by atoms with van der Waals surface area (Å²) in [5.41, 5.74) is 3.91. The molecule has 0 saturated heterocycles. The van der Waals surface area contributed by atoms with Gasteiger partial charge in [0.15, 0.2) is 6.61 Å². The maximum atomic E-state index is 12.2. The lowest BCUT2D eigenvalue weighted by Crippen LogP contribution is -2.20. The molecule has 3 aromatic rings. The molecule has 0 saturated carbocycles. The fourth-order valence-electron chi connectivity index (χ4n) is 2.48. The van der Waals surface area contributed by atoms with Gasteiger partial charge in [-0.2, -0.15) is 5.10 Å². The van der Waals surface area contributed by atoms with Crippen LogP contribution in [0.15, 0.2) is 59.4 Å². The van der Waals surface area contributed by atoms with Crippen molar-refractivity contribution in [3.8, 4) is 17.0 Å². The number of anilines is 1. The van der Waals surface area contributed by atoms with Gasteiger partial charge in [0.25, 0.3) is 11.5 Å². The van der Waals surface area contributed by atoms with Crippen LogP contribution in [0.1, 0.15) is 11.1 Å². The number of hydrogen-bond donors (Lipinski definition) is 2. The fraction of sp³-hybridized carbons (Fsp3) is 0.150. The second kappa shape index (κ2) is 7.65. The molecule has 0 atom stereocenters. The molecule has 1 aromatic heterocycles. The summed E-state index contributed by atoms with van der Waals surface area (Å²) in [5.74, 6) is 0.448. The van der Waals surface area contributed by atoms with Crippen LogP contribution in [0.25, 0.3) is 11.3 Å². The maximum Gasteiger partial charge on any atom is 0.264 e. The molecule has 132 valence electrons. The average Bonchev–Trinajstić information content (AvgIpc) is 2.64. The zero-order chi connectivity index (χ0) is 18.5. The summed E-state index contributed by atoms with van der Waals surface area (Å²) in [6, 6.07) is 16.0. The van der Waals surface area contributed by atoms with E-state index in [0.29, 0.717) is 17.1 Å². The van der Waals surface area contributed by atoms with Crippen LogP contribution in [-0.2, 0) is 4.79 Å². The van der Waals surface area contributed by atoms with E-state index in [1.54, 1.807) is 18.2 Å². The minimum atomic E-state index is -0.262. The van der Waals surface area contributed by atoms with Crippen LogP contribution in [0.4, 0.5) is 5.69 Å². The molecule has 3 rings (SSSR count). The third kappa shape index (κ3) is 4.16. The van der Waals surface area contributed by atoms with Gasteiger partial charge >= 0.3 is 0 Å². The van der Waals surface area contributed by atoms with Crippen LogP contribution in [0.5, 0.6) is 5.75 Å². The van der Waals surface area contributed by atoms with Crippen LogP contribution in [0.2, 0.25) is 0 Å². The standard InChI is InChI=1S/C20H19N3O3/c1-13-5-3-8-18(14(13)2)26-12-20(25)21-16-7-4-6-15(11-16)17-9-10-19(24)23-22-17/h3-11H,12H2,1-2H3,(H,21,25)(H,23,24). The molecule has 0 bridgehead atoms. The molecule has 2 N–H and O–H groups in total. The van der Waals surface area contributed by atoms with Crippen molar-refractivity contribution in [2.75, 3.05) is 11.9 Å². The Hall–Kier alpha value is -3.41. The molecule has 0 aliphatic heterocycles. The first-order valence-electron chi connectivity index (χ1n) is 8.18.